The summed E-state index contributed by atoms with van der Waals surface area (Å²) in [7, 11) is 3.87. The van der Waals surface area contributed by atoms with E-state index >= 15 is 0 Å². The van der Waals surface area contributed by atoms with E-state index in [1.54, 1.807) is 7.11 Å². The number of amides is 1. The number of nitrogens with zero attached hydrogens (tertiary/aromatic N) is 2. The van der Waals surface area contributed by atoms with Gasteiger partial charge >= 0.3 is 0 Å². The van der Waals surface area contributed by atoms with Crippen LogP contribution in [0.1, 0.15) is 18.5 Å². The Bertz CT molecular complexity index is 546. The first-order chi connectivity index (χ1) is 11.1. The summed E-state index contributed by atoms with van der Waals surface area (Å²) in [5, 5.41) is 0. The lowest BCUT2D eigenvalue weighted by atomic mass is 9.89. The lowest BCUT2D eigenvalue weighted by molar-refractivity contribution is -0.135. The van der Waals surface area contributed by atoms with Gasteiger partial charge in [0.25, 0.3) is 0 Å². The summed E-state index contributed by atoms with van der Waals surface area (Å²) in [6, 6.07) is 8.70. The van der Waals surface area contributed by atoms with Gasteiger partial charge in [-0.25, -0.2) is 0 Å². The van der Waals surface area contributed by atoms with E-state index < -0.39 is 0 Å². The van der Waals surface area contributed by atoms with Gasteiger partial charge in [0, 0.05) is 38.2 Å². The van der Waals surface area contributed by atoms with Crippen molar-refractivity contribution in [3.05, 3.63) is 29.8 Å². The van der Waals surface area contributed by atoms with Gasteiger partial charge in [0.15, 0.2) is 0 Å². The quantitative estimate of drug-likeness (QED) is 0.830. The molecule has 0 aromatic heterocycles. The molecule has 3 atom stereocenters. The minimum absolute atomic E-state index is 0.123. The molecule has 2 fully saturated rings. The maximum absolute atomic E-state index is 12.2. The van der Waals surface area contributed by atoms with E-state index in [1.165, 1.54) is 5.56 Å². The van der Waals surface area contributed by atoms with Gasteiger partial charge in [0.2, 0.25) is 5.91 Å². The summed E-state index contributed by atoms with van der Waals surface area (Å²) in [6.45, 7) is 5.44. The number of ether oxygens (including phenoxy) is 2. The van der Waals surface area contributed by atoms with Crippen molar-refractivity contribution in [2.75, 3.05) is 47.0 Å². The second-order valence-corrected chi connectivity index (χ2v) is 6.52. The molecular formula is C18H26N2O3. The van der Waals surface area contributed by atoms with Crippen LogP contribution in [0.25, 0.3) is 0 Å². The molecule has 0 unspecified atom stereocenters. The maximum Gasteiger partial charge on any atom is 0.248 e. The topological polar surface area (TPSA) is 42.0 Å². The second-order valence-electron chi connectivity index (χ2n) is 6.52. The van der Waals surface area contributed by atoms with Crippen LogP contribution in [0.15, 0.2) is 24.3 Å². The fourth-order valence-electron chi connectivity index (χ4n) is 4.04. The van der Waals surface area contributed by atoms with E-state index in [9.17, 15) is 4.79 Å². The summed E-state index contributed by atoms with van der Waals surface area (Å²) in [5.74, 6) is 2.06. The predicted molar refractivity (Wildman–Crippen MR) is 88.4 cm³/mol. The van der Waals surface area contributed by atoms with Gasteiger partial charge in [0.1, 0.15) is 12.4 Å². The minimum atomic E-state index is 0.123. The Hall–Kier alpha value is -1.59. The van der Waals surface area contributed by atoms with Gasteiger partial charge in [-0.2, -0.15) is 0 Å². The fraction of sp³-hybridized carbons (Fsp3) is 0.611. The van der Waals surface area contributed by atoms with Crippen molar-refractivity contribution in [3.63, 3.8) is 0 Å². The van der Waals surface area contributed by atoms with Crippen molar-refractivity contribution in [2.45, 2.75) is 13.0 Å². The molecule has 0 N–H and O–H groups in total. The molecular weight excluding hydrogens is 292 g/mol. The first-order valence-corrected chi connectivity index (χ1v) is 8.33. The van der Waals surface area contributed by atoms with Crippen molar-refractivity contribution in [1.82, 2.24) is 9.80 Å². The summed E-state index contributed by atoms with van der Waals surface area (Å²) in [4.78, 5) is 16.6. The Balaban J connectivity index is 1.71. The Kier molecular flexibility index (Phi) is 4.87. The highest BCUT2D eigenvalue weighted by atomic mass is 16.5. The molecule has 1 aromatic rings. The number of hydrogen-bond donors (Lipinski definition) is 0. The molecule has 23 heavy (non-hydrogen) atoms. The van der Waals surface area contributed by atoms with Crippen molar-refractivity contribution < 1.29 is 14.3 Å². The molecule has 5 nitrogen and oxygen atoms in total. The third kappa shape index (κ3) is 3.21. The Morgan fingerprint density at radius 2 is 1.96 bits per heavy atom. The Morgan fingerprint density at radius 3 is 2.61 bits per heavy atom. The number of carbonyl (C=O) groups excluding carboxylic acids is 1. The first kappa shape index (κ1) is 16.3. The molecule has 2 aliphatic rings. The second kappa shape index (κ2) is 6.89. The van der Waals surface area contributed by atoms with E-state index in [1.807, 2.05) is 24.0 Å². The molecule has 3 rings (SSSR count). The number of fused-ring (bicyclic) bond motifs is 1. The summed E-state index contributed by atoms with van der Waals surface area (Å²) in [5.41, 5.74) is 1.31. The molecule has 1 amide bonds. The third-order valence-electron chi connectivity index (χ3n) is 5.13. The molecule has 5 heteroatoms. The van der Waals surface area contributed by atoms with E-state index in [0.29, 0.717) is 24.5 Å². The molecule has 0 bridgehead atoms. The van der Waals surface area contributed by atoms with E-state index in [0.717, 1.165) is 25.4 Å². The van der Waals surface area contributed by atoms with Crippen LogP contribution < -0.4 is 4.74 Å². The molecule has 0 saturated carbocycles. The lowest BCUT2D eigenvalue weighted by Crippen LogP contribution is -2.35. The zero-order valence-corrected chi connectivity index (χ0v) is 14.2. The van der Waals surface area contributed by atoms with E-state index in [2.05, 4.69) is 24.1 Å². The average Bonchev–Trinajstić information content (AvgIpc) is 3.09. The largest absolute Gasteiger partial charge is 0.497 e. The number of hydrogen-bond acceptors (Lipinski definition) is 4. The van der Waals surface area contributed by atoms with Crippen molar-refractivity contribution in [3.8, 4) is 5.75 Å². The van der Waals surface area contributed by atoms with Gasteiger partial charge in [-0.3, -0.25) is 9.69 Å². The van der Waals surface area contributed by atoms with Crippen LogP contribution in [0, 0.1) is 11.8 Å². The SMILES string of the molecule is CCOCC(=O)N1C[C@@H]2CN(C)[C@@H](c3ccc(OC)cc3)[C@@H]2C1. The molecule has 126 valence electrons. The smallest absolute Gasteiger partial charge is 0.248 e. The van der Waals surface area contributed by atoms with Crippen molar-refractivity contribution in [1.29, 1.82) is 0 Å². The normalized spacial score (nSPS) is 27.3. The van der Waals surface area contributed by atoms with Gasteiger partial charge in [0.05, 0.1) is 7.11 Å². The van der Waals surface area contributed by atoms with Crippen molar-refractivity contribution in [2.24, 2.45) is 11.8 Å². The van der Waals surface area contributed by atoms with Gasteiger partial charge < -0.3 is 14.4 Å². The van der Waals surface area contributed by atoms with Crippen LogP contribution in [0.4, 0.5) is 0 Å². The van der Waals surface area contributed by atoms with Crippen LogP contribution in [0.2, 0.25) is 0 Å². The fourth-order valence-corrected chi connectivity index (χ4v) is 4.04. The first-order valence-electron chi connectivity index (χ1n) is 8.33. The van der Waals surface area contributed by atoms with Gasteiger partial charge in [-0.15, -0.1) is 0 Å². The maximum atomic E-state index is 12.2. The number of likely N-dealkylation sites (tertiary alicyclic amines) is 2. The van der Waals surface area contributed by atoms with Crippen molar-refractivity contribution >= 4 is 5.91 Å². The van der Waals surface area contributed by atoms with Crippen LogP contribution in [-0.2, 0) is 9.53 Å². The molecule has 2 aliphatic heterocycles. The Morgan fingerprint density at radius 1 is 1.22 bits per heavy atom. The van der Waals surface area contributed by atoms with Gasteiger partial charge in [-0.1, -0.05) is 12.1 Å². The molecule has 0 aliphatic carbocycles. The van der Waals surface area contributed by atoms with Gasteiger partial charge in [-0.05, 0) is 37.6 Å². The summed E-state index contributed by atoms with van der Waals surface area (Å²) < 4.78 is 10.5. The summed E-state index contributed by atoms with van der Waals surface area (Å²) in [6.07, 6.45) is 0. The van der Waals surface area contributed by atoms with Crippen LogP contribution in [-0.4, -0.2) is 62.7 Å². The Labute approximate surface area is 138 Å². The standard InChI is InChI=1S/C18H26N2O3/c1-4-23-12-17(21)20-10-14-9-19(2)18(16(14)11-20)13-5-7-15(22-3)8-6-13/h5-8,14,16,18H,4,9-12H2,1-3H3/t14-,16+,18-/m0/s1. The average molecular weight is 318 g/mol. The van der Waals surface area contributed by atoms with Crippen LogP contribution in [0.3, 0.4) is 0 Å². The molecule has 2 heterocycles. The predicted octanol–water partition coefficient (Wildman–Crippen LogP) is 1.79. The number of benzene rings is 1. The van der Waals surface area contributed by atoms with Crippen LogP contribution in [0.5, 0.6) is 5.75 Å². The minimum Gasteiger partial charge on any atom is -0.497 e. The zero-order chi connectivity index (χ0) is 16.4. The zero-order valence-electron chi connectivity index (χ0n) is 14.2. The monoisotopic (exact) mass is 318 g/mol. The van der Waals surface area contributed by atoms with Crippen LogP contribution >= 0.6 is 0 Å². The molecule has 0 spiro atoms. The highest BCUT2D eigenvalue weighted by Gasteiger charge is 2.47. The highest BCUT2D eigenvalue weighted by Crippen LogP contribution is 2.44. The van der Waals surface area contributed by atoms with E-state index in [4.69, 9.17) is 9.47 Å². The lowest BCUT2D eigenvalue weighted by Gasteiger charge is -2.27. The highest BCUT2D eigenvalue weighted by molar-refractivity contribution is 5.77. The number of rotatable bonds is 5. The molecule has 2 saturated heterocycles. The molecule has 1 aromatic carbocycles. The number of carbonyl (C=O) groups is 1. The van der Waals surface area contributed by atoms with E-state index in [-0.39, 0.29) is 12.5 Å². The number of methoxy groups -OCH3 is 1. The third-order valence-corrected chi connectivity index (χ3v) is 5.13. The molecule has 0 radical (unpaired) electrons. The summed E-state index contributed by atoms with van der Waals surface area (Å²) >= 11 is 0.